The Bertz CT molecular complexity index is 612. The lowest BCUT2D eigenvalue weighted by molar-refractivity contribution is -0.118. The second kappa shape index (κ2) is 5.52. The number of para-hydroxylation sites is 1. The van der Waals surface area contributed by atoms with Crippen LogP contribution in [0.5, 0.6) is 0 Å². The summed E-state index contributed by atoms with van der Waals surface area (Å²) < 4.78 is 2.16. The number of hydrazone groups is 1. The summed E-state index contributed by atoms with van der Waals surface area (Å²) in [4.78, 5) is 10.8. The van der Waals surface area contributed by atoms with Gasteiger partial charge in [-0.3, -0.25) is 4.79 Å². The Morgan fingerprint density at radius 2 is 1.95 bits per heavy atom. The fourth-order valence-electron chi connectivity index (χ4n) is 2.09. The molecule has 1 aromatic heterocycles. The second-order valence-electron chi connectivity index (χ2n) is 4.42. The molecule has 1 heterocycles. The highest BCUT2D eigenvalue weighted by Gasteiger charge is 2.08. The summed E-state index contributed by atoms with van der Waals surface area (Å²) in [5, 5.41) is 3.91. The van der Waals surface area contributed by atoms with E-state index in [4.69, 9.17) is 0 Å². The van der Waals surface area contributed by atoms with E-state index >= 15 is 0 Å². The summed E-state index contributed by atoms with van der Waals surface area (Å²) in [5.41, 5.74) is 6.76. The first-order chi connectivity index (χ1) is 9.09. The maximum Gasteiger partial charge on any atom is 0.236 e. The van der Waals surface area contributed by atoms with Gasteiger partial charge >= 0.3 is 0 Å². The molecular formula is C15H17N3O. The molecule has 0 saturated heterocycles. The number of amides is 1. The van der Waals surface area contributed by atoms with E-state index in [2.05, 4.69) is 34.2 Å². The Balaban J connectivity index is 2.35. The Hall–Kier alpha value is -2.36. The molecule has 1 aromatic carbocycles. The standard InChI is InChI=1S/C15H17N3O/c1-11-9-14(10-16-17-13(3)19)12(2)18(11)15-7-5-4-6-8-15/h4-10H,1-3H3,(H,17,19). The number of aryl methyl sites for hydroxylation is 1. The van der Waals surface area contributed by atoms with E-state index < -0.39 is 0 Å². The van der Waals surface area contributed by atoms with Crippen LogP contribution in [0.2, 0.25) is 0 Å². The minimum Gasteiger partial charge on any atom is -0.318 e. The lowest BCUT2D eigenvalue weighted by Gasteiger charge is -2.08. The molecule has 0 aliphatic rings. The van der Waals surface area contributed by atoms with E-state index in [0.717, 1.165) is 22.6 Å². The first-order valence-electron chi connectivity index (χ1n) is 6.13. The van der Waals surface area contributed by atoms with Gasteiger partial charge in [-0.25, -0.2) is 5.43 Å². The molecule has 0 aliphatic carbocycles. The van der Waals surface area contributed by atoms with Crippen LogP contribution in [-0.4, -0.2) is 16.7 Å². The van der Waals surface area contributed by atoms with E-state index in [0.29, 0.717) is 0 Å². The zero-order valence-electron chi connectivity index (χ0n) is 11.3. The van der Waals surface area contributed by atoms with Crippen molar-refractivity contribution in [3.63, 3.8) is 0 Å². The maximum absolute atomic E-state index is 10.8. The number of carbonyl (C=O) groups excluding carboxylic acids is 1. The van der Waals surface area contributed by atoms with Crippen molar-refractivity contribution >= 4 is 12.1 Å². The highest BCUT2D eigenvalue weighted by molar-refractivity contribution is 5.83. The molecule has 4 nitrogen and oxygen atoms in total. The third kappa shape index (κ3) is 2.91. The van der Waals surface area contributed by atoms with Crippen LogP contribution in [-0.2, 0) is 4.79 Å². The monoisotopic (exact) mass is 255 g/mol. The lowest BCUT2D eigenvalue weighted by atomic mass is 10.2. The van der Waals surface area contributed by atoms with Crippen molar-refractivity contribution < 1.29 is 4.79 Å². The van der Waals surface area contributed by atoms with Gasteiger partial charge in [0.25, 0.3) is 0 Å². The smallest absolute Gasteiger partial charge is 0.236 e. The molecular weight excluding hydrogens is 238 g/mol. The van der Waals surface area contributed by atoms with E-state index in [1.165, 1.54) is 6.92 Å². The van der Waals surface area contributed by atoms with Gasteiger partial charge in [0, 0.05) is 29.6 Å². The van der Waals surface area contributed by atoms with Crippen LogP contribution >= 0.6 is 0 Å². The van der Waals surface area contributed by atoms with Crippen LogP contribution in [0.4, 0.5) is 0 Å². The maximum atomic E-state index is 10.8. The Morgan fingerprint density at radius 1 is 1.26 bits per heavy atom. The van der Waals surface area contributed by atoms with Crippen LogP contribution in [0.25, 0.3) is 5.69 Å². The van der Waals surface area contributed by atoms with Crippen LogP contribution in [0.15, 0.2) is 41.5 Å². The van der Waals surface area contributed by atoms with Gasteiger partial charge < -0.3 is 4.57 Å². The van der Waals surface area contributed by atoms with Crippen molar-refractivity contribution in [2.75, 3.05) is 0 Å². The van der Waals surface area contributed by atoms with Gasteiger partial charge in [0.05, 0.1) is 6.21 Å². The highest BCUT2D eigenvalue weighted by Crippen LogP contribution is 2.19. The first-order valence-corrected chi connectivity index (χ1v) is 6.13. The summed E-state index contributed by atoms with van der Waals surface area (Å²) >= 11 is 0. The molecule has 1 amide bonds. The predicted octanol–water partition coefficient (Wildman–Crippen LogP) is 2.56. The Morgan fingerprint density at radius 3 is 2.58 bits per heavy atom. The summed E-state index contributed by atoms with van der Waals surface area (Å²) in [6.07, 6.45) is 1.67. The van der Waals surface area contributed by atoms with Gasteiger partial charge in [-0.05, 0) is 32.0 Å². The number of hydrogen-bond donors (Lipinski definition) is 1. The molecule has 19 heavy (non-hydrogen) atoms. The van der Waals surface area contributed by atoms with Gasteiger partial charge in [0.2, 0.25) is 5.91 Å². The predicted molar refractivity (Wildman–Crippen MR) is 76.7 cm³/mol. The molecule has 2 aromatic rings. The zero-order chi connectivity index (χ0) is 13.8. The number of aromatic nitrogens is 1. The van der Waals surface area contributed by atoms with Gasteiger partial charge in [0.15, 0.2) is 0 Å². The molecule has 0 spiro atoms. The van der Waals surface area contributed by atoms with Gasteiger partial charge in [0.1, 0.15) is 0 Å². The lowest BCUT2D eigenvalue weighted by Crippen LogP contribution is -2.12. The van der Waals surface area contributed by atoms with Crippen molar-refractivity contribution in [3.05, 3.63) is 53.3 Å². The third-order valence-electron chi connectivity index (χ3n) is 2.91. The summed E-state index contributed by atoms with van der Waals surface area (Å²) in [7, 11) is 0. The first kappa shape index (κ1) is 13.1. The van der Waals surface area contributed by atoms with Crippen molar-refractivity contribution in [2.24, 2.45) is 5.10 Å². The number of rotatable bonds is 3. The van der Waals surface area contributed by atoms with E-state index in [-0.39, 0.29) is 5.91 Å². The molecule has 0 saturated carbocycles. The highest BCUT2D eigenvalue weighted by atomic mass is 16.2. The molecule has 0 atom stereocenters. The van der Waals surface area contributed by atoms with E-state index in [1.807, 2.05) is 31.2 Å². The molecule has 0 fully saturated rings. The molecule has 0 bridgehead atoms. The second-order valence-corrected chi connectivity index (χ2v) is 4.42. The molecule has 4 heteroatoms. The third-order valence-corrected chi connectivity index (χ3v) is 2.91. The summed E-state index contributed by atoms with van der Waals surface area (Å²) in [6.45, 7) is 5.52. The molecule has 0 aliphatic heterocycles. The van der Waals surface area contributed by atoms with Gasteiger partial charge in [-0.1, -0.05) is 18.2 Å². The van der Waals surface area contributed by atoms with E-state index in [1.54, 1.807) is 6.21 Å². The topological polar surface area (TPSA) is 46.4 Å². The van der Waals surface area contributed by atoms with E-state index in [9.17, 15) is 4.79 Å². The normalized spacial score (nSPS) is 10.9. The van der Waals surface area contributed by atoms with Crippen LogP contribution in [0, 0.1) is 13.8 Å². The van der Waals surface area contributed by atoms with Gasteiger partial charge in [-0.15, -0.1) is 0 Å². The van der Waals surface area contributed by atoms with Crippen molar-refractivity contribution in [3.8, 4) is 5.69 Å². The van der Waals surface area contributed by atoms with Crippen molar-refractivity contribution in [1.82, 2.24) is 9.99 Å². The molecule has 0 unspecified atom stereocenters. The number of carbonyl (C=O) groups is 1. The fraction of sp³-hybridized carbons (Fsp3) is 0.200. The SMILES string of the molecule is CC(=O)NN=Cc1cc(C)n(-c2ccccc2)c1C. The minimum absolute atomic E-state index is 0.173. The molecule has 1 N–H and O–H groups in total. The summed E-state index contributed by atoms with van der Waals surface area (Å²) in [6, 6.07) is 12.2. The zero-order valence-corrected chi connectivity index (χ0v) is 11.3. The number of nitrogens with zero attached hydrogens (tertiary/aromatic N) is 2. The average molecular weight is 255 g/mol. The largest absolute Gasteiger partial charge is 0.318 e. The minimum atomic E-state index is -0.173. The van der Waals surface area contributed by atoms with Crippen molar-refractivity contribution in [1.29, 1.82) is 0 Å². The molecule has 2 rings (SSSR count). The van der Waals surface area contributed by atoms with Crippen molar-refractivity contribution in [2.45, 2.75) is 20.8 Å². The van der Waals surface area contributed by atoms with Crippen LogP contribution < -0.4 is 5.43 Å². The quantitative estimate of drug-likeness (QED) is 0.665. The average Bonchev–Trinajstić information content (AvgIpc) is 2.65. The van der Waals surface area contributed by atoms with Crippen LogP contribution in [0.3, 0.4) is 0 Å². The number of hydrogen-bond acceptors (Lipinski definition) is 2. The fourth-order valence-corrected chi connectivity index (χ4v) is 2.09. The molecule has 98 valence electrons. The van der Waals surface area contributed by atoms with Gasteiger partial charge in [-0.2, -0.15) is 5.10 Å². The molecule has 0 radical (unpaired) electrons. The van der Waals surface area contributed by atoms with Crippen LogP contribution in [0.1, 0.15) is 23.9 Å². The Kier molecular flexibility index (Phi) is 3.80. The number of nitrogens with one attached hydrogen (secondary N) is 1. The number of benzene rings is 1. The Labute approximate surface area is 112 Å². The summed E-state index contributed by atoms with van der Waals surface area (Å²) in [5.74, 6) is -0.173.